The monoisotopic (exact) mass is 267 g/mol. The van der Waals surface area contributed by atoms with Crippen molar-refractivity contribution in [1.82, 2.24) is 5.32 Å². The molecule has 0 unspecified atom stereocenters. The quantitative estimate of drug-likeness (QED) is 0.684. The number of nitrogens with one attached hydrogen (secondary N) is 1. The van der Waals surface area contributed by atoms with Gasteiger partial charge in [-0.05, 0) is 31.0 Å². The van der Waals surface area contributed by atoms with E-state index < -0.39 is 0 Å². The summed E-state index contributed by atoms with van der Waals surface area (Å²) in [4.78, 5) is 11.5. The van der Waals surface area contributed by atoms with Crippen LogP contribution < -0.4 is 10.1 Å². The van der Waals surface area contributed by atoms with Crippen LogP contribution in [0.4, 0.5) is 0 Å². The lowest BCUT2D eigenvalue weighted by Crippen LogP contribution is -2.31. The average Bonchev–Trinajstić information content (AvgIpc) is 2.39. The zero-order valence-electron chi connectivity index (χ0n) is 11.4. The van der Waals surface area contributed by atoms with E-state index in [1.54, 1.807) is 0 Å². The molecule has 2 N–H and O–H groups in total. The van der Waals surface area contributed by atoms with Gasteiger partial charge in [-0.15, -0.1) is 0 Å². The Balaban J connectivity index is 2.24. The number of aliphatic hydroxyl groups is 1. The van der Waals surface area contributed by atoms with Gasteiger partial charge in [0.25, 0.3) is 5.91 Å². The standard InChI is InChI=1S/C14H21NO4/c1-11-3-4-12(2)13(9-11)19-10-14(17)15-5-7-18-8-6-16/h3-4,9,16H,5-8,10H2,1-2H3,(H,15,17). The van der Waals surface area contributed by atoms with Gasteiger partial charge in [0.15, 0.2) is 6.61 Å². The summed E-state index contributed by atoms with van der Waals surface area (Å²) in [6.07, 6.45) is 0. The third kappa shape index (κ3) is 6.22. The molecule has 0 aliphatic carbocycles. The van der Waals surface area contributed by atoms with Crippen LogP contribution in [0.5, 0.6) is 5.75 Å². The van der Waals surface area contributed by atoms with Crippen LogP contribution in [0.3, 0.4) is 0 Å². The van der Waals surface area contributed by atoms with E-state index in [0.29, 0.717) is 13.2 Å². The molecule has 0 aliphatic rings. The molecule has 5 heteroatoms. The summed E-state index contributed by atoms with van der Waals surface area (Å²) in [5.41, 5.74) is 2.10. The van der Waals surface area contributed by atoms with E-state index in [1.807, 2.05) is 32.0 Å². The Bertz CT molecular complexity index is 406. The molecule has 0 aromatic heterocycles. The van der Waals surface area contributed by atoms with Crippen molar-refractivity contribution in [3.8, 4) is 5.75 Å². The van der Waals surface area contributed by atoms with Gasteiger partial charge in [0.05, 0.1) is 19.8 Å². The maximum absolute atomic E-state index is 11.5. The number of rotatable bonds is 8. The molecule has 0 aliphatic heterocycles. The molecule has 0 spiro atoms. The number of hydrogen-bond donors (Lipinski definition) is 2. The lowest BCUT2D eigenvalue weighted by Gasteiger charge is -2.10. The van der Waals surface area contributed by atoms with Gasteiger partial charge in [0.2, 0.25) is 0 Å². The molecule has 19 heavy (non-hydrogen) atoms. The van der Waals surface area contributed by atoms with Crippen molar-refractivity contribution >= 4 is 5.91 Å². The molecule has 1 aromatic carbocycles. The Labute approximate surface area is 113 Å². The first-order valence-electron chi connectivity index (χ1n) is 6.29. The van der Waals surface area contributed by atoms with Crippen LogP contribution in [0.15, 0.2) is 18.2 Å². The lowest BCUT2D eigenvalue weighted by molar-refractivity contribution is -0.123. The summed E-state index contributed by atoms with van der Waals surface area (Å²) in [6, 6.07) is 5.87. The summed E-state index contributed by atoms with van der Waals surface area (Å²) in [5, 5.41) is 11.2. The fraction of sp³-hybridized carbons (Fsp3) is 0.500. The number of amides is 1. The van der Waals surface area contributed by atoms with E-state index in [9.17, 15) is 4.79 Å². The van der Waals surface area contributed by atoms with Gasteiger partial charge in [-0.1, -0.05) is 12.1 Å². The first-order valence-corrected chi connectivity index (χ1v) is 6.29. The third-order valence-corrected chi connectivity index (χ3v) is 2.51. The number of carbonyl (C=O) groups is 1. The molecule has 1 amide bonds. The molecular formula is C14H21NO4. The van der Waals surface area contributed by atoms with Crippen LogP contribution in [0.1, 0.15) is 11.1 Å². The summed E-state index contributed by atoms with van der Waals surface area (Å²) < 4.78 is 10.5. The Morgan fingerprint density at radius 2 is 2.11 bits per heavy atom. The average molecular weight is 267 g/mol. The SMILES string of the molecule is Cc1ccc(C)c(OCC(=O)NCCOCCO)c1. The fourth-order valence-electron chi connectivity index (χ4n) is 1.49. The van der Waals surface area contributed by atoms with Crippen molar-refractivity contribution in [1.29, 1.82) is 0 Å². The largest absolute Gasteiger partial charge is 0.483 e. The smallest absolute Gasteiger partial charge is 0.258 e. The molecule has 0 saturated heterocycles. The molecule has 0 bridgehead atoms. The van der Waals surface area contributed by atoms with E-state index in [2.05, 4.69) is 5.32 Å². The Kier molecular flexibility index (Phi) is 6.92. The van der Waals surface area contributed by atoms with Crippen LogP contribution in [0, 0.1) is 13.8 Å². The molecule has 0 fully saturated rings. The molecule has 1 rings (SSSR count). The van der Waals surface area contributed by atoms with Crippen molar-refractivity contribution < 1.29 is 19.4 Å². The molecule has 106 valence electrons. The van der Waals surface area contributed by atoms with Crippen molar-refractivity contribution in [2.24, 2.45) is 0 Å². The highest BCUT2D eigenvalue weighted by atomic mass is 16.5. The topological polar surface area (TPSA) is 67.8 Å². The number of aliphatic hydroxyl groups excluding tert-OH is 1. The van der Waals surface area contributed by atoms with Crippen molar-refractivity contribution in [3.05, 3.63) is 29.3 Å². The van der Waals surface area contributed by atoms with Gasteiger partial charge in [0.1, 0.15) is 5.75 Å². The second-order valence-corrected chi connectivity index (χ2v) is 4.24. The van der Waals surface area contributed by atoms with Crippen LogP contribution in [0.2, 0.25) is 0 Å². The second-order valence-electron chi connectivity index (χ2n) is 4.24. The number of benzene rings is 1. The minimum Gasteiger partial charge on any atom is -0.483 e. The van der Waals surface area contributed by atoms with Gasteiger partial charge in [-0.25, -0.2) is 0 Å². The summed E-state index contributed by atoms with van der Waals surface area (Å²) in [6.45, 7) is 4.98. The van der Waals surface area contributed by atoms with Gasteiger partial charge in [-0.3, -0.25) is 4.79 Å². The molecule has 0 atom stereocenters. The van der Waals surface area contributed by atoms with E-state index in [-0.39, 0.29) is 25.7 Å². The van der Waals surface area contributed by atoms with Crippen molar-refractivity contribution in [3.63, 3.8) is 0 Å². The molecular weight excluding hydrogens is 246 g/mol. The van der Waals surface area contributed by atoms with Crippen molar-refractivity contribution in [2.45, 2.75) is 13.8 Å². The van der Waals surface area contributed by atoms with Gasteiger partial charge in [-0.2, -0.15) is 0 Å². The number of ether oxygens (including phenoxy) is 2. The molecule has 0 saturated carbocycles. The first-order chi connectivity index (χ1) is 9.13. The maximum atomic E-state index is 11.5. The van der Waals surface area contributed by atoms with Crippen LogP contribution >= 0.6 is 0 Å². The summed E-state index contributed by atoms with van der Waals surface area (Å²) in [5.74, 6) is 0.542. The van der Waals surface area contributed by atoms with Crippen LogP contribution in [-0.4, -0.2) is 44.0 Å². The van der Waals surface area contributed by atoms with Crippen LogP contribution in [-0.2, 0) is 9.53 Å². The predicted molar refractivity (Wildman–Crippen MR) is 72.3 cm³/mol. The Morgan fingerprint density at radius 3 is 2.84 bits per heavy atom. The summed E-state index contributed by atoms with van der Waals surface area (Å²) >= 11 is 0. The predicted octanol–water partition coefficient (Wildman–Crippen LogP) is 0.807. The van der Waals surface area contributed by atoms with E-state index in [4.69, 9.17) is 14.6 Å². The maximum Gasteiger partial charge on any atom is 0.258 e. The Hall–Kier alpha value is -1.59. The zero-order chi connectivity index (χ0) is 14.1. The Morgan fingerprint density at radius 1 is 1.32 bits per heavy atom. The van der Waals surface area contributed by atoms with Crippen LogP contribution in [0.25, 0.3) is 0 Å². The highest BCUT2D eigenvalue weighted by Gasteiger charge is 2.04. The van der Waals surface area contributed by atoms with E-state index in [1.165, 1.54) is 0 Å². The third-order valence-electron chi connectivity index (χ3n) is 2.51. The van der Waals surface area contributed by atoms with E-state index in [0.717, 1.165) is 16.9 Å². The minimum absolute atomic E-state index is 0.00963. The molecule has 0 radical (unpaired) electrons. The van der Waals surface area contributed by atoms with Gasteiger partial charge >= 0.3 is 0 Å². The minimum atomic E-state index is -0.187. The number of carbonyl (C=O) groups excluding carboxylic acids is 1. The fourth-order valence-corrected chi connectivity index (χ4v) is 1.49. The number of aryl methyl sites for hydroxylation is 2. The van der Waals surface area contributed by atoms with Crippen molar-refractivity contribution in [2.75, 3.05) is 33.0 Å². The zero-order valence-corrected chi connectivity index (χ0v) is 11.4. The normalized spacial score (nSPS) is 10.3. The first kappa shape index (κ1) is 15.5. The number of hydrogen-bond acceptors (Lipinski definition) is 4. The highest BCUT2D eigenvalue weighted by molar-refractivity contribution is 5.77. The second kappa shape index (κ2) is 8.50. The lowest BCUT2D eigenvalue weighted by atomic mass is 10.1. The highest BCUT2D eigenvalue weighted by Crippen LogP contribution is 2.18. The molecule has 0 heterocycles. The summed E-state index contributed by atoms with van der Waals surface area (Å²) in [7, 11) is 0. The van der Waals surface area contributed by atoms with Gasteiger partial charge < -0.3 is 19.9 Å². The molecule has 5 nitrogen and oxygen atoms in total. The van der Waals surface area contributed by atoms with Gasteiger partial charge in [0, 0.05) is 6.54 Å². The molecule has 1 aromatic rings. The van der Waals surface area contributed by atoms with E-state index >= 15 is 0 Å².